The molecule has 0 spiro atoms. The lowest BCUT2D eigenvalue weighted by Gasteiger charge is -2.07. The van der Waals surface area contributed by atoms with Crippen LogP contribution < -0.4 is 0 Å². The maximum atomic E-state index is 13.6. The smallest absolute Gasteiger partial charge is 0.341 e. The Kier molecular flexibility index (Phi) is 4.03. The summed E-state index contributed by atoms with van der Waals surface area (Å²) in [6.07, 6.45) is 1.94. The van der Waals surface area contributed by atoms with Crippen LogP contribution in [-0.4, -0.2) is 21.0 Å². The van der Waals surface area contributed by atoms with Gasteiger partial charge in [-0.3, -0.25) is 0 Å². The third-order valence-electron chi connectivity index (χ3n) is 2.65. The van der Waals surface area contributed by atoms with Crippen LogP contribution in [0.5, 0.6) is 0 Å². The number of hydrogen-bond donors (Lipinski definition) is 0. The van der Waals surface area contributed by atoms with Gasteiger partial charge in [0, 0.05) is 10.7 Å². The van der Waals surface area contributed by atoms with Crippen molar-refractivity contribution in [3.63, 3.8) is 0 Å². The van der Waals surface area contributed by atoms with Crippen LogP contribution in [0.25, 0.3) is 0 Å². The predicted molar refractivity (Wildman–Crippen MR) is 67.5 cm³/mol. The lowest BCUT2D eigenvalue weighted by Crippen LogP contribution is -2.11. The van der Waals surface area contributed by atoms with Crippen molar-refractivity contribution in [3.05, 3.63) is 28.5 Å². The molecule has 0 heterocycles. The second-order valence-corrected chi connectivity index (χ2v) is 7.18. The molecule has 8 heteroatoms. The lowest BCUT2D eigenvalue weighted by atomic mass is 10.2. The highest BCUT2D eigenvalue weighted by molar-refractivity contribution is 8.13. The van der Waals surface area contributed by atoms with E-state index >= 15 is 0 Å². The van der Waals surface area contributed by atoms with Gasteiger partial charge in [-0.15, -0.1) is 0 Å². The molecule has 1 fully saturated rings. The molecule has 1 aromatic carbocycles. The minimum atomic E-state index is -4.16. The molecular weight excluding hydrogens is 318 g/mol. The number of carbonyl (C=O) groups excluding carboxylic acids is 1. The first-order valence-electron chi connectivity index (χ1n) is 5.40. The van der Waals surface area contributed by atoms with Crippen LogP contribution in [0.4, 0.5) is 4.39 Å². The SMILES string of the molecule is O=C(OCC1CC1)c1cc(S(=O)(=O)Cl)c(Cl)cc1F. The summed E-state index contributed by atoms with van der Waals surface area (Å²) in [6.45, 7) is 0.198. The minimum absolute atomic E-state index is 0.198. The van der Waals surface area contributed by atoms with E-state index in [0.29, 0.717) is 5.92 Å². The predicted octanol–water partition coefficient (Wildman–Crippen LogP) is 2.97. The normalized spacial score (nSPS) is 15.3. The van der Waals surface area contributed by atoms with Crippen molar-refractivity contribution in [1.82, 2.24) is 0 Å². The molecule has 1 saturated carbocycles. The van der Waals surface area contributed by atoms with E-state index in [1.165, 1.54) is 0 Å². The molecule has 0 saturated heterocycles. The highest BCUT2D eigenvalue weighted by Gasteiger charge is 2.26. The molecule has 0 aromatic heterocycles. The number of hydrogen-bond acceptors (Lipinski definition) is 4. The minimum Gasteiger partial charge on any atom is -0.462 e. The maximum absolute atomic E-state index is 13.6. The summed E-state index contributed by atoms with van der Waals surface area (Å²) >= 11 is 5.57. The number of benzene rings is 1. The standard InChI is InChI=1S/C11H9Cl2FO4S/c12-8-4-9(14)7(3-10(8)19(13,16)17)11(15)18-5-6-1-2-6/h3-4,6H,1-2,5H2. The highest BCUT2D eigenvalue weighted by atomic mass is 35.7. The van der Waals surface area contributed by atoms with E-state index in [4.69, 9.17) is 27.0 Å². The zero-order chi connectivity index (χ0) is 14.2. The van der Waals surface area contributed by atoms with Gasteiger partial charge in [0.1, 0.15) is 10.7 Å². The summed E-state index contributed by atoms with van der Waals surface area (Å²) in [5, 5.41) is -0.383. The van der Waals surface area contributed by atoms with Crippen LogP contribution in [0.2, 0.25) is 5.02 Å². The average molecular weight is 327 g/mol. The topological polar surface area (TPSA) is 60.4 Å². The van der Waals surface area contributed by atoms with Crippen molar-refractivity contribution in [3.8, 4) is 0 Å². The first kappa shape index (κ1) is 14.6. The summed E-state index contributed by atoms with van der Waals surface area (Å²) < 4.78 is 40.9. The Hall–Kier alpha value is -0.850. The molecule has 1 aliphatic rings. The van der Waals surface area contributed by atoms with Crippen LogP contribution in [0, 0.1) is 11.7 Å². The molecule has 0 N–H and O–H groups in total. The molecule has 0 radical (unpaired) electrons. The molecular formula is C11H9Cl2FO4S. The van der Waals surface area contributed by atoms with Crippen LogP contribution >= 0.6 is 22.3 Å². The van der Waals surface area contributed by atoms with Crippen LogP contribution in [0.3, 0.4) is 0 Å². The second kappa shape index (κ2) is 5.26. The lowest BCUT2D eigenvalue weighted by molar-refractivity contribution is 0.0480. The Labute approximate surface area is 118 Å². The van der Waals surface area contributed by atoms with Crippen LogP contribution in [0.15, 0.2) is 17.0 Å². The fourth-order valence-electron chi connectivity index (χ4n) is 1.43. The molecule has 104 valence electrons. The van der Waals surface area contributed by atoms with E-state index < -0.39 is 31.3 Å². The van der Waals surface area contributed by atoms with E-state index in [9.17, 15) is 17.6 Å². The number of ether oxygens (including phenoxy) is 1. The highest BCUT2D eigenvalue weighted by Crippen LogP contribution is 2.30. The zero-order valence-corrected chi connectivity index (χ0v) is 11.9. The van der Waals surface area contributed by atoms with E-state index in [1.807, 2.05) is 0 Å². The summed E-state index contributed by atoms with van der Waals surface area (Å²) in [6, 6.07) is 1.51. The van der Waals surface area contributed by atoms with E-state index in [2.05, 4.69) is 0 Å². The monoisotopic (exact) mass is 326 g/mol. The average Bonchev–Trinajstić information content (AvgIpc) is 3.07. The van der Waals surface area contributed by atoms with Crippen molar-refractivity contribution in [1.29, 1.82) is 0 Å². The van der Waals surface area contributed by atoms with E-state index in [-0.39, 0.29) is 11.6 Å². The Bertz CT molecular complexity index is 626. The van der Waals surface area contributed by atoms with Gasteiger partial charge in [-0.25, -0.2) is 17.6 Å². The molecule has 0 atom stereocenters. The summed E-state index contributed by atoms with van der Waals surface area (Å²) in [4.78, 5) is 11.1. The van der Waals surface area contributed by atoms with Crippen LogP contribution in [0.1, 0.15) is 23.2 Å². The maximum Gasteiger partial charge on any atom is 0.341 e. The number of esters is 1. The first-order chi connectivity index (χ1) is 8.79. The quantitative estimate of drug-likeness (QED) is 0.630. The molecule has 2 rings (SSSR count). The molecule has 0 bridgehead atoms. The Balaban J connectivity index is 2.30. The van der Waals surface area contributed by atoms with Gasteiger partial charge in [-0.05, 0) is 30.9 Å². The molecule has 1 aliphatic carbocycles. The fourth-order valence-corrected chi connectivity index (χ4v) is 2.94. The van der Waals surface area contributed by atoms with Gasteiger partial charge in [-0.1, -0.05) is 11.6 Å². The van der Waals surface area contributed by atoms with Crippen molar-refractivity contribution in [2.45, 2.75) is 17.7 Å². The van der Waals surface area contributed by atoms with Crippen molar-refractivity contribution < 1.29 is 22.3 Å². The first-order valence-corrected chi connectivity index (χ1v) is 8.08. The Morgan fingerprint density at radius 2 is 2.05 bits per heavy atom. The van der Waals surface area contributed by atoms with E-state index in [0.717, 1.165) is 25.0 Å². The Morgan fingerprint density at radius 3 is 2.58 bits per heavy atom. The molecule has 0 amide bonds. The van der Waals surface area contributed by atoms with Crippen molar-refractivity contribution in [2.24, 2.45) is 5.92 Å². The molecule has 4 nitrogen and oxygen atoms in total. The molecule has 19 heavy (non-hydrogen) atoms. The van der Waals surface area contributed by atoms with Crippen LogP contribution in [-0.2, 0) is 13.8 Å². The second-order valence-electron chi connectivity index (χ2n) is 4.24. The van der Waals surface area contributed by atoms with Gasteiger partial charge in [0.15, 0.2) is 0 Å². The Morgan fingerprint density at radius 1 is 1.42 bits per heavy atom. The summed E-state index contributed by atoms with van der Waals surface area (Å²) in [5.41, 5.74) is -0.496. The van der Waals surface area contributed by atoms with Gasteiger partial charge in [0.25, 0.3) is 9.05 Å². The molecule has 0 aliphatic heterocycles. The van der Waals surface area contributed by atoms with Crippen molar-refractivity contribution in [2.75, 3.05) is 6.61 Å². The molecule has 0 unspecified atom stereocenters. The summed E-state index contributed by atoms with van der Waals surface area (Å²) in [5.74, 6) is -1.56. The van der Waals surface area contributed by atoms with Gasteiger partial charge in [0.2, 0.25) is 0 Å². The largest absolute Gasteiger partial charge is 0.462 e. The van der Waals surface area contributed by atoms with Crippen molar-refractivity contribution >= 4 is 37.3 Å². The summed E-state index contributed by atoms with van der Waals surface area (Å²) in [7, 11) is 0.984. The number of rotatable bonds is 4. The number of carbonyl (C=O) groups is 1. The third-order valence-corrected chi connectivity index (χ3v) is 4.44. The fraction of sp³-hybridized carbons (Fsp3) is 0.364. The van der Waals surface area contributed by atoms with Gasteiger partial charge < -0.3 is 4.74 Å². The van der Waals surface area contributed by atoms with Gasteiger partial charge >= 0.3 is 5.97 Å². The third kappa shape index (κ3) is 3.58. The van der Waals surface area contributed by atoms with Gasteiger partial charge in [-0.2, -0.15) is 0 Å². The zero-order valence-electron chi connectivity index (χ0n) is 9.53. The molecule has 1 aromatic rings. The van der Waals surface area contributed by atoms with E-state index in [1.54, 1.807) is 0 Å². The number of halogens is 3. The van der Waals surface area contributed by atoms with Gasteiger partial charge in [0.05, 0.1) is 17.2 Å².